The number of hydrogen-bond donors (Lipinski definition) is 1. The maximum Gasteiger partial charge on any atom is 0.182 e. The summed E-state index contributed by atoms with van der Waals surface area (Å²) in [5.74, 6) is 1.03. The predicted molar refractivity (Wildman–Crippen MR) is 74.7 cm³/mol. The van der Waals surface area contributed by atoms with E-state index in [1.54, 1.807) is 6.20 Å². The molecule has 2 aromatic rings. The van der Waals surface area contributed by atoms with Crippen molar-refractivity contribution in [3.05, 3.63) is 54.0 Å². The van der Waals surface area contributed by atoms with Gasteiger partial charge in [-0.25, -0.2) is 9.97 Å². The smallest absolute Gasteiger partial charge is 0.182 e. The van der Waals surface area contributed by atoms with Crippen LogP contribution in [-0.4, -0.2) is 16.5 Å². The second kappa shape index (κ2) is 6.50. The van der Waals surface area contributed by atoms with Crippen molar-refractivity contribution in [2.24, 2.45) is 0 Å². The molecule has 1 atom stereocenters. The van der Waals surface area contributed by atoms with Crippen LogP contribution in [0.2, 0.25) is 0 Å². The number of aromatic nitrogens is 2. The number of hydrogen-bond acceptors (Lipinski definition) is 4. The highest BCUT2D eigenvalue weighted by atomic mass is 15.0. The Morgan fingerprint density at radius 2 is 1.95 bits per heavy atom. The van der Waals surface area contributed by atoms with Crippen LogP contribution in [0.1, 0.15) is 30.5 Å². The van der Waals surface area contributed by atoms with Gasteiger partial charge in [0, 0.05) is 18.9 Å². The van der Waals surface area contributed by atoms with Crippen molar-refractivity contribution in [1.29, 1.82) is 5.26 Å². The summed E-state index contributed by atoms with van der Waals surface area (Å²) in [5, 5.41) is 12.1. The lowest BCUT2D eigenvalue weighted by molar-refractivity contribution is 0.704. The van der Waals surface area contributed by atoms with Crippen LogP contribution >= 0.6 is 0 Å². The maximum atomic E-state index is 8.91. The first kappa shape index (κ1) is 13.0. The lowest BCUT2D eigenvalue weighted by Gasteiger charge is -2.12. The third-order valence-corrected chi connectivity index (χ3v) is 3.04. The molecule has 0 spiro atoms. The molecule has 1 unspecified atom stereocenters. The molecule has 1 heterocycles. The van der Waals surface area contributed by atoms with Crippen molar-refractivity contribution in [2.75, 3.05) is 11.9 Å². The van der Waals surface area contributed by atoms with Crippen LogP contribution in [0, 0.1) is 11.3 Å². The molecular formula is C15H16N4. The van der Waals surface area contributed by atoms with E-state index < -0.39 is 0 Å². The number of nitrogens with one attached hydrogen (secondary N) is 1. The molecule has 1 aromatic carbocycles. The minimum atomic E-state index is 0.342. The van der Waals surface area contributed by atoms with E-state index in [1.807, 2.05) is 12.1 Å². The van der Waals surface area contributed by atoms with Crippen molar-refractivity contribution in [1.82, 2.24) is 9.97 Å². The zero-order valence-electron chi connectivity index (χ0n) is 10.9. The predicted octanol–water partition coefficient (Wildman–Crippen LogP) is 2.95. The number of anilines is 1. The molecule has 19 heavy (non-hydrogen) atoms. The minimum Gasteiger partial charge on any atom is -0.368 e. The molecule has 2 rings (SSSR count). The van der Waals surface area contributed by atoms with Crippen molar-refractivity contribution in [2.45, 2.75) is 19.3 Å². The molecular weight excluding hydrogens is 236 g/mol. The van der Waals surface area contributed by atoms with Gasteiger partial charge in [-0.2, -0.15) is 5.26 Å². The highest BCUT2D eigenvalue weighted by molar-refractivity contribution is 5.46. The zero-order valence-corrected chi connectivity index (χ0v) is 10.9. The molecule has 1 aromatic heterocycles. The first-order valence-corrected chi connectivity index (χ1v) is 6.31. The molecule has 0 aliphatic carbocycles. The molecule has 0 fully saturated rings. The summed E-state index contributed by atoms with van der Waals surface area (Å²) >= 11 is 0. The third kappa shape index (κ3) is 3.52. The van der Waals surface area contributed by atoms with E-state index in [1.165, 1.54) is 11.8 Å². The Morgan fingerprint density at radius 3 is 2.68 bits per heavy atom. The van der Waals surface area contributed by atoms with Gasteiger partial charge in [-0.05, 0) is 17.9 Å². The second-order valence-corrected chi connectivity index (χ2v) is 4.39. The standard InChI is InChI=1S/C15H16N4/c1-12(13-5-3-2-4-6-13)7-8-18-15-14(11-16)17-9-10-19-15/h2-6,9-10,12H,7-8H2,1H3,(H,18,19). The van der Waals surface area contributed by atoms with Crippen molar-refractivity contribution in [3.8, 4) is 6.07 Å². The summed E-state index contributed by atoms with van der Waals surface area (Å²) in [6.07, 6.45) is 4.09. The molecule has 0 amide bonds. The third-order valence-electron chi connectivity index (χ3n) is 3.04. The minimum absolute atomic E-state index is 0.342. The number of nitrogens with zero attached hydrogens (tertiary/aromatic N) is 3. The first-order valence-electron chi connectivity index (χ1n) is 6.31. The Hall–Kier alpha value is -2.41. The fourth-order valence-corrected chi connectivity index (χ4v) is 1.90. The summed E-state index contributed by atoms with van der Waals surface area (Å²) in [5.41, 5.74) is 1.67. The lowest BCUT2D eigenvalue weighted by atomic mass is 9.98. The average Bonchev–Trinajstić information content (AvgIpc) is 2.48. The first-order chi connectivity index (χ1) is 9.31. The fraction of sp³-hybridized carbons (Fsp3) is 0.267. The second-order valence-electron chi connectivity index (χ2n) is 4.39. The summed E-state index contributed by atoms with van der Waals surface area (Å²) in [6.45, 7) is 2.96. The Kier molecular flexibility index (Phi) is 4.46. The molecule has 0 aliphatic rings. The average molecular weight is 252 g/mol. The van der Waals surface area contributed by atoms with E-state index >= 15 is 0 Å². The number of benzene rings is 1. The van der Waals surface area contributed by atoms with Crippen LogP contribution in [-0.2, 0) is 0 Å². The highest BCUT2D eigenvalue weighted by Gasteiger charge is 2.06. The van der Waals surface area contributed by atoms with Gasteiger partial charge in [-0.15, -0.1) is 0 Å². The summed E-state index contributed by atoms with van der Waals surface area (Å²) in [6, 6.07) is 12.4. The molecule has 0 saturated heterocycles. The summed E-state index contributed by atoms with van der Waals surface area (Å²) in [4.78, 5) is 8.09. The van der Waals surface area contributed by atoms with Crippen LogP contribution in [0.5, 0.6) is 0 Å². The molecule has 4 nitrogen and oxygen atoms in total. The molecule has 0 saturated carbocycles. The van der Waals surface area contributed by atoms with Gasteiger partial charge in [0.25, 0.3) is 0 Å². The lowest BCUT2D eigenvalue weighted by Crippen LogP contribution is -2.09. The van der Waals surface area contributed by atoms with Gasteiger partial charge in [-0.1, -0.05) is 37.3 Å². The van der Waals surface area contributed by atoms with Crippen LogP contribution < -0.4 is 5.32 Å². The molecule has 0 radical (unpaired) electrons. The van der Waals surface area contributed by atoms with Crippen LogP contribution in [0.25, 0.3) is 0 Å². The molecule has 4 heteroatoms. The van der Waals surface area contributed by atoms with Crippen LogP contribution in [0.4, 0.5) is 5.82 Å². The Morgan fingerprint density at radius 1 is 1.21 bits per heavy atom. The molecule has 0 bridgehead atoms. The van der Waals surface area contributed by atoms with Gasteiger partial charge in [0.2, 0.25) is 0 Å². The Bertz CT molecular complexity index is 560. The van der Waals surface area contributed by atoms with Crippen LogP contribution in [0.15, 0.2) is 42.7 Å². The van der Waals surface area contributed by atoms with E-state index in [0.29, 0.717) is 17.4 Å². The zero-order chi connectivity index (χ0) is 13.5. The van der Waals surface area contributed by atoms with Crippen molar-refractivity contribution < 1.29 is 0 Å². The molecule has 96 valence electrons. The quantitative estimate of drug-likeness (QED) is 0.888. The monoisotopic (exact) mass is 252 g/mol. The Balaban J connectivity index is 1.89. The van der Waals surface area contributed by atoms with Gasteiger partial charge in [0.05, 0.1) is 0 Å². The van der Waals surface area contributed by atoms with E-state index in [0.717, 1.165) is 13.0 Å². The van der Waals surface area contributed by atoms with Gasteiger partial charge in [0.15, 0.2) is 11.5 Å². The molecule has 1 N–H and O–H groups in total. The number of nitriles is 1. The highest BCUT2D eigenvalue weighted by Crippen LogP contribution is 2.18. The van der Waals surface area contributed by atoms with Gasteiger partial charge >= 0.3 is 0 Å². The van der Waals surface area contributed by atoms with Gasteiger partial charge in [0.1, 0.15) is 6.07 Å². The fourth-order valence-electron chi connectivity index (χ4n) is 1.90. The Labute approximate surface area is 113 Å². The van der Waals surface area contributed by atoms with E-state index in [9.17, 15) is 0 Å². The molecule has 0 aliphatic heterocycles. The van der Waals surface area contributed by atoms with Crippen molar-refractivity contribution >= 4 is 5.82 Å². The largest absolute Gasteiger partial charge is 0.368 e. The summed E-state index contributed by atoms with van der Waals surface area (Å²) < 4.78 is 0. The summed E-state index contributed by atoms with van der Waals surface area (Å²) in [7, 11) is 0. The van der Waals surface area contributed by atoms with E-state index in [4.69, 9.17) is 5.26 Å². The topological polar surface area (TPSA) is 61.6 Å². The van der Waals surface area contributed by atoms with Gasteiger partial charge < -0.3 is 5.32 Å². The van der Waals surface area contributed by atoms with Crippen molar-refractivity contribution in [3.63, 3.8) is 0 Å². The SMILES string of the molecule is CC(CCNc1nccnc1C#N)c1ccccc1. The van der Waals surface area contributed by atoms with Crippen LogP contribution in [0.3, 0.4) is 0 Å². The van der Waals surface area contributed by atoms with E-state index in [-0.39, 0.29) is 0 Å². The van der Waals surface area contributed by atoms with E-state index in [2.05, 4.69) is 46.5 Å². The van der Waals surface area contributed by atoms with Gasteiger partial charge in [-0.3, -0.25) is 0 Å². The number of rotatable bonds is 5. The maximum absolute atomic E-state index is 8.91. The normalized spacial score (nSPS) is 11.6.